The Hall–Kier alpha value is -1.39. The van der Waals surface area contributed by atoms with Gasteiger partial charge in [0.2, 0.25) is 0 Å². The molecule has 0 aliphatic carbocycles. The molecule has 20 heavy (non-hydrogen) atoms. The first-order valence-electron chi connectivity index (χ1n) is 6.84. The molecule has 1 aromatic carbocycles. The van der Waals surface area contributed by atoms with E-state index in [4.69, 9.17) is 0 Å². The number of aromatic nitrogens is 1. The second-order valence-corrected chi connectivity index (χ2v) is 6.10. The number of halogens is 1. The number of hydrogen-bond donors (Lipinski definition) is 1. The topological polar surface area (TPSA) is 24.9 Å². The molecule has 3 rings (SSSR count). The molecule has 2 aromatic rings. The fraction of sp³-hybridized carbons (Fsp3) is 0.312. The lowest BCUT2D eigenvalue weighted by molar-refractivity contribution is 0.438. The minimum atomic E-state index is -0.107. The van der Waals surface area contributed by atoms with Crippen molar-refractivity contribution >= 4 is 11.8 Å². The molecule has 4 heteroatoms. The Morgan fingerprint density at radius 1 is 1.30 bits per heavy atom. The van der Waals surface area contributed by atoms with Gasteiger partial charge in [-0.05, 0) is 42.9 Å². The summed E-state index contributed by atoms with van der Waals surface area (Å²) in [4.78, 5) is 5.17. The Morgan fingerprint density at radius 3 is 3.00 bits per heavy atom. The highest BCUT2D eigenvalue weighted by Gasteiger charge is 2.24. The number of rotatable bonds is 3. The largest absolute Gasteiger partial charge is 0.302 e. The third-order valence-electron chi connectivity index (χ3n) is 3.61. The maximum Gasteiger partial charge on any atom is 0.137 e. The van der Waals surface area contributed by atoms with Crippen LogP contribution >= 0.6 is 11.8 Å². The van der Waals surface area contributed by atoms with E-state index in [1.165, 1.54) is 6.07 Å². The molecule has 0 radical (unpaired) electrons. The van der Waals surface area contributed by atoms with Crippen LogP contribution in [0.4, 0.5) is 4.39 Å². The molecule has 2 nitrogen and oxygen atoms in total. The van der Waals surface area contributed by atoms with Crippen LogP contribution in [0.3, 0.4) is 0 Å². The molecule has 1 aliphatic rings. The summed E-state index contributed by atoms with van der Waals surface area (Å²) in [5.41, 5.74) is 2.09. The van der Waals surface area contributed by atoms with Crippen molar-refractivity contribution < 1.29 is 4.39 Å². The molecule has 1 aliphatic heterocycles. The molecule has 0 saturated carbocycles. The van der Waals surface area contributed by atoms with Gasteiger partial charge < -0.3 is 5.32 Å². The van der Waals surface area contributed by atoms with Gasteiger partial charge in [0, 0.05) is 23.2 Å². The molecule has 0 bridgehead atoms. The van der Waals surface area contributed by atoms with E-state index >= 15 is 0 Å². The summed E-state index contributed by atoms with van der Waals surface area (Å²) >= 11 is 1.61. The van der Waals surface area contributed by atoms with Gasteiger partial charge in [-0.25, -0.2) is 4.39 Å². The van der Waals surface area contributed by atoms with Gasteiger partial charge in [0.25, 0.3) is 0 Å². The molecule has 2 atom stereocenters. The van der Waals surface area contributed by atoms with E-state index in [-0.39, 0.29) is 17.9 Å². The van der Waals surface area contributed by atoms with Crippen molar-refractivity contribution in [3.63, 3.8) is 0 Å². The minimum Gasteiger partial charge on any atom is -0.302 e. The normalized spacial score (nSPS) is 19.4. The van der Waals surface area contributed by atoms with Crippen LogP contribution in [0.25, 0.3) is 0 Å². The number of thioether (sulfide) groups is 1. The second kappa shape index (κ2) is 5.94. The predicted molar refractivity (Wildman–Crippen MR) is 80.3 cm³/mol. The molecule has 1 N–H and O–H groups in total. The summed E-state index contributed by atoms with van der Waals surface area (Å²) in [6.45, 7) is 2.10. The summed E-state index contributed by atoms with van der Waals surface area (Å²) in [5, 5.41) is 3.58. The predicted octanol–water partition coefficient (Wildman–Crippen LogP) is 4.11. The van der Waals surface area contributed by atoms with Crippen molar-refractivity contribution in [3.8, 4) is 0 Å². The van der Waals surface area contributed by atoms with Crippen molar-refractivity contribution in [2.75, 3.05) is 5.75 Å². The molecule has 1 aromatic heterocycles. The SMILES string of the molecule is CC(NC1CCSc2c(F)cccc21)c1ccccn1. The van der Waals surface area contributed by atoms with Crippen molar-refractivity contribution in [3.05, 3.63) is 59.7 Å². The Morgan fingerprint density at radius 2 is 2.20 bits per heavy atom. The third-order valence-corrected chi connectivity index (χ3v) is 4.77. The number of fused-ring (bicyclic) bond motifs is 1. The molecule has 104 valence electrons. The monoisotopic (exact) mass is 288 g/mol. The van der Waals surface area contributed by atoms with Crippen LogP contribution < -0.4 is 5.32 Å². The van der Waals surface area contributed by atoms with E-state index in [1.807, 2.05) is 24.3 Å². The summed E-state index contributed by atoms with van der Waals surface area (Å²) in [6, 6.07) is 11.6. The third kappa shape index (κ3) is 2.72. The zero-order valence-corrected chi connectivity index (χ0v) is 12.2. The Labute approximate surface area is 122 Å². The zero-order chi connectivity index (χ0) is 13.9. The summed E-state index contributed by atoms with van der Waals surface area (Å²) in [6.07, 6.45) is 2.82. The standard InChI is InChI=1S/C16H17FN2S/c1-11(14-7-2-3-9-18-14)19-15-8-10-20-16-12(15)5-4-6-13(16)17/h2-7,9,11,15,19H,8,10H2,1H3. The first kappa shape index (κ1) is 13.6. The maximum atomic E-state index is 13.8. The van der Waals surface area contributed by atoms with Gasteiger partial charge in [0.15, 0.2) is 0 Å². The Bertz CT molecular complexity index is 588. The van der Waals surface area contributed by atoms with Crippen LogP contribution in [0, 0.1) is 5.82 Å². The smallest absolute Gasteiger partial charge is 0.137 e. The molecule has 0 amide bonds. The number of nitrogens with zero attached hydrogens (tertiary/aromatic N) is 1. The average molecular weight is 288 g/mol. The number of benzene rings is 1. The number of nitrogens with one attached hydrogen (secondary N) is 1. The highest BCUT2D eigenvalue weighted by atomic mass is 32.2. The lowest BCUT2D eigenvalue weighted by Gasteiger charge is -2.29. The van der Waals surface area contributed by atoms with E-state index in [9.17, 15) is 4.39 Å². The van der Waals surface area contributed by atoms with Crippen LogP contribution in [-0.2, 0) is 0 Å². The van der Waals surface area contributed by atoms with E-state index in [0.717, 1.165) is 28.3 Å². The first-order valence-corrected chi connectivity index (χ1v) is 7.82. The van der Waals surface area contributed by atoms with Crippen molar-refractivity contribution in [1.82, 2.24) is 10.3 Å². The van der Waals surface area contributed by atoms with Crippen LogP contribution in [0.15, 0.2) is 47.5 Å². The molecular weight excluding hydrogens is 271 g/mol. The van der Waals surface area contributed by atoms with Crippen molar-refractivity contribution in [2.24, 2.45) is 0 Å². The quantitative estimate of drug-likeness (QED) is 0.920. The van der Waals surface area contributed by atoms with Gasteiger partial charge in [0.1, 0.15) is 5.82 Å². The number of pyridine rings is 1. The van der Waals surface area contributed by atoms with Gasteiger partial charge in [0.05, 0.1) is 5.69 Å². The van der Waals surface area contributed by atoms with Gasteiger partial charge >= 0.3 is 0 Å². The average Bonchev–Trinajstić information content (AvgIpc) is 2.49. The Balaban J connectivity index is 1.82. The number of hydrogen-bond acceptors (Lipinski definition) is 3. The second-order valence-electron chi connectivity index (χ2n) is 4.99. The van der Waals surface area contributed by atoms with E-state index in [0.29, 0.717) is 0 Å². The molecule has 0 fully saturated rings. The zero-order valence-electron chi connectivity index (χ0n) is 11.3. The summed E-state index contributed by atoms with van der Waals surface area (Å²) in [7, 11) is 0. The van der Waals surface area contributed by atoms with Crippen LogP contribution in [-0.4, -0.2) is 10.7 Å². The minimum absolute atomic E-state index is 0.107. The molecule has 0 saturated heterocycles. The van der Waals surface area contributed by atoms with E-state index in [1.54, 1.807) is 24.0 Å². The lowest BCUT2D eigenvalue weighted by atomic mass is 10.0. The first-order chi connectivity index (χ1) is 9.75. The fourth-order valence-electron chi connectivity index (χ4n) is 2.58. The van der Waals surface area contributed by atoms with Gasteiger partial charge in [-0.1, -0.05) is 18.2 Å². The van der Waals surface area contributed by atoms with E-state index in [2.05, 4.69) is 17.2 Å². The molecular formula is C16H17FN2S. The fourth-order valence-corrected chi connectivity index (χ4v) is 3.72. The van der Waals surface area contributed by atoms with Crippen LogP contribution in [0.1, 0.15) is 36.7 Å². The summed E-state index contributed by atoms with van der Waals surface area (Å²) < 4.78 is 13.8. The molecule has 2 unspecified atom stereocenters. The maximum absolute atomic E-state index is 13.8. The molecule has 2 heterocycles. The highest BCUT2D eigenvalue weighted by molar-refractivity contribution is 7.99. The molecule has 0 spiro atoms. The van der Waals surface area contributed by atoms with Crippen molar-refractivity contribution in [1.29, 1.82) is 0 Å². The van der Waals surface area contributed by atoms with Gasteiger partial charge in [-0.3, -0.25) is 4.98 Å². The van der Waals surface area contributed by atoms with Gasteiger partial charge in [-0.15, -0.1) is 11.8 Å². The van der Waals surface area contributed by atoms with Crippen LogP contribution in [0.5, 0.6) is 0 Å². The van der Waals surface area contributed by atoms with Crippen molar-refractivity contribution in [2.45, 2.75) is 30.3 Å². The van der Waals surface area contributed by atoms with Gasteiger partial charge in [-0.2, -0.15) is 0 Å². The van der Waals surface area contributed by atoms with E-state index < -0.39 is 0 Å². The lowest BCUT2D eigenvalue weighted by Crippen LogP contribution is -2.28. The van der Waals surface area contributed by atoms with Crippen LogP contribution in [0.2, 0.25) is 0 Å². The highest BCUT2D eigenvalue weighted by Crippen LogP contribution is 2.38. The summed E-state index contributed by atoms with van der Waals surface area (Å²) in [5.74, 6) is 0.838. The Kier molecular flexibility index (Phi) is 4.03.